The van der Waals surface area contributed by atoms with E-state index in [0.29, 0.717) is 13.2 Å². The second-order valence-corrected chi connectivity index (χ2v) is 6.34. The first-order valence-corrected chi connectivity index (χ1v) is 8.95. The highest BCUT2D eigenvalue weighted by Crippen LogP contribution is 2.10. The Balaban J connectivity index is 1.66. The van der Waals surface area contributed by atoms with Crippen molar-refractivity contribution in [1.29, 1.82) is 0 Å². The summed E-state index contributed by atoms with van der Waals surface area (Å²) in [4.78, 5) is 6.46. The van der Waals surface area contributed by atoms with E-state index >= 15 is 0 Å². The van der Waals surface area contributed by atoms with Crippen LogP contribution in [0, 0.1) is 0 Å². The number of nitrogens with one attached hydrogen (secondary N) is 2. The molecule has 0 bridgehead atoms. The fraction of sp³-hybridized carbons (Fsp3) is 0.450. The van der Waals surface area contributed by atoms with Crippen LogP contribution in [-0.2, 0) is 24.4 Å². The Bertz CT molecular complexity index is 654. The van der Waals surface area contributed by atoms with E-state index in [1.165, 1.54) is 11.1 Å². The van der Waals surface area contributed by atoms with Crippen LogP contribution >= 0.6 is 0 Å². The third kappa shape index (κ3) is 7.29. The van der Waals surface area contributed by atoms with Crippen LogP contribution in [0.4, 0.5) is 0 Å². The lowest BCUT2D eigenvalue weighted by Gasteiger charge is -2.16. The van der Waals surface area contributed by atoms with Crippen LogP contribution in [0.3, 0.4) is 0 Å². The van der Waals surface area contributed by atoms with Crippen molar-refractivity contribution < 1.29 is 9.15 Å². The van der Waals surface area contributed by atoms with Crippen LogP contribution in [0.25, 0.3) is 0 Å². The van der Waals surface area contributed by atoms with Crippen molar-refractivity contribution >= 4 is 5.96 Å². The minimum absolute atomic E-state index is 0.517. The summed E-state index contributed by atoms with van der Waals surface area (Å²) >= 11 is 0. The van der Waals surface area contributed by atoms with Gasteiger partial charge in [0.25, 0.3) is 0 Å². The minimum atomic E-state index is 0.517. The third-order valence-electron chi connectivity index (χ3n) is 3.86. The summed E-state index contributed by atoms with van der Waals surface area (Å²) in [5, 5.41) is 6.70. The summed E-state index contributed by atoms with van der Waals surface area (Å²) in [6, 6.07) is 12.3. The van der Waals surface area contributed by atoms with Gasteiger partial charge in [-0.1, -0.05) is 24.3 Å². The fourth-order valence-electron chi connectivity index (χ4n) is 2.57. The van der Waals surface area contributed by atoms with Gasteiger partial charge in [-0.05, 0) is 43.8 Å². The molecule has 2 rings (SSSR count). The number of rotatable bonds is 10. The number of guanidine groups is 1. The standard InChI is InChI=1S/C20H30N4O2/c1-21-20(22-11-7-12-25-16-19-10-6-13-26-19)23-14-17-8-4-5-9-18(17)15-24(2)3/h4-6,8-10,13H,7,11-12,14-16H2,1-3H3,(H2,21,22,23). The molecular formula is C20H30N4O2. The zero-order valence-corrected chi connectivity index (χ0v) is 16.0. The molecule has 1 aromatic carbocycles. The summed E-state index contributed by atoms with van der Waals surface area (Å²) < 4.78 is 10.8. The number of aliphatic imine (C=N–C) groups is 1. The van der Waals surface area contributed by atoms with Crippen molar-refractivity contribution in [3.05, 3.63) is 59.5 Å². The molecule has 1 aromatic heterocycles. The van der Waals surface area contributed by atoms with Gasteiger partial charge in [-0.2, -0.15) is 0 Å². The molecule has 0 saturated heterocycles. The Labute approximate surface area is 156 Å². The maximum Gasteiger partial charge on any atom is 0.191 e. The van der Waals surface area contributed by atoms with Crippen LogP contribution < -0.4 is 10.6 Å². The maximum atomic E-state index is 5.58. The zero-order chi connectivity index (χ0) is 18.6. The summed E-state index contributed by atoms with van der Waals surface area (Å²) in [6.07, 6.45) is 2.56. The highest BCUT2D eigenvalue weighted by molar-refractivity contribution is 5.79. The van der Waals surface area contributed by atoms with Gasteiger partial charge in [0, 0.05) is 33.3 Å². The molecule has 0 aliphatic heterocycles. The molecule has 2 N–H and O–H groups in total. The van der Waals surface area contributed by atoms with Crippen LogP contribution in [0.1, 0.15) is 23.3 Å². The summed E-state index contributed by atoms with van der Waals surface area (Å²) in [6.45, 7) is 3.67. The van der Waals surface area contributed by atoms with Crippen LogP contribution in [0.15, 0.2) is 52.1 Å². The van der Waals surface area contributed by atoms with E-state index < -0.39 is 0 Å². The molecule has 0 aliphatic carbocycles. The first kappa shape index (κ1) is 20.0. The molecule has 0 fully saturated rings. The lowest BCUT2D eigenvalue weighted by Crippen LogP contribution is -2.37. The summed E-state index contributed by atoms with van der Waals surface area (Å²) in [5.41, 5.74) is 2.61. The van der Waals surface area contributed by atoms with E-state index in [-0.39, 0.29) is 0 Å². The molecule has 2 aromatic rings. The zero-order valence-electron chi connectivity index (χ0n) is 16.0. The molecule has 26 heavy (non-hydrogen) atoms. The number of furan rings is 1. The van der Waals surface area contributed by atoms with Crippen LogP contribution in [0.5, 0.6) is 0 Å². The SMILES string of the molecule is CN=C(NCCCOCc1ccco1)NCc1ccccc1CN(C)C. The van der Waals surface area contributed by atoms with Crippen molar-refractivity contribution in [3.8, 4) is 0 Å². The maximum absolute atomic E-state index is 5.58. The van der Waals surface area contributed by atoms with Crippen LogP contribution in [-0.4, -0.2) is 45.2 Å². The van der Waals surface area contributed by atoms with Gasteiger partial charge in [-0.25, -0.2) is 0 Å². The van der Waals surface area contributed by atoms with E-state index in [9.17, 15) is 0 Å². The van der Waals surface area contributed by atoms with E-state index in [4.69, 9.17) is 9.15 Å². The monoisotopic (exact) mass is 358 g/mol. The normalized spacial score (nSPS) is 11.8. The lowest BCUT2D eigenvalue weighted by atomic mass is 10.1. The van der Waals surface area contributed by atoms with Gasteiger partial charge >= 0.3 is 0 Å². The smallest absolute Gasteiger partial charge is 0.191 e. The Morgan fingerprint density at radius 1 is 1.12 bits per heavy atom. The third-order valence-corrected chi connectivity index (χ3v) is 3.86. The number of benzene rings is 1. The van der Waals surface area contributed by atoms with Crippen molar-refractivity contribution in [3.63, 3.8) is 0 Å². The van der Waals surface area contributed by atoms with Crippen molar-refractivity contribution in [1.82, 2.24) is 15.5 Å². The highest BCUT2D eigenvalue weighted by Gasteiger charge is 2.04. The first-order chi connectivity index (χ1) is 12.7. The number of hydrogen-bond donors (Lipinski definition) is 2. The van der Waals surface area contributed by atoms with Gasteiger partial charge in [-0.15, -0.1) is 0 Å². The molecule has 142 valence electrons. The van der Waals surface area contributed by atoms with Gasteiger partial charge in [0.15, 0.2) is 5.96 Å². The fourth-order valence-corrected chi connectivity index (χ4v) is 2.57. The molecule has 0 atom stereocenters. The second-order valence-electron chi connectivity index (χ2n) is 6.34. The van der Waals surface area contributed by atoms with Crippen molar-refractivity contribution in [2.24, 2.45) is 4.99 Å². The molecule has 0 unspecified atom stereocenters. The lowest BCUT2D eigenvalue weighted by molar-refractivity contribution is 0.105. The van der Waals surface area contributed by atoms with Crippen LogP contribution in [0.2, 0.25) is 0 Å². The molecule has 6 nitrogen and oxygen atoms in total. The quantitative estimate of drug-likeness (QED) is 0.388. The molecule has 6 heteroatoms. The molecule has 0 amide bonds. The first-order valence-electron chi connectivity index (χ1n) is 8.95. The van der Waals surface area contributed by atoms with Gasteiger partial charge in [0.2, 0.25) is 0 Å². The summed E-state index contributed by atoms with van der Waals surface area (Å²) in [5.74, 6) is 1.66. The number of hydrogen-bond acceptors (Lipinski definition) is 4. The second kappa shape index (κ2) is 11.3. The van der Waals surface area contributed by atoms with E-state index in [0.717, 1.165) is 37.8 Å². The minimum Gasteiger partial charge on any atom is -0.467 e. The Morgan fingerprint density at radius 2 is 1.92 bits per heavy atom. The summed E-state index contributed by atoms with van der Waals surface area (Å²) in [7, 11) is 5.95. The van der Waals surface area contributed by atoms with Gasteiger partial charge in [0.05, 0.1) is 6.26 Å². The topological polar surface area (TPSA) is 62.0 Å². The van der Waals surface area contributed by atoms with E-state index in [1.54, 1.807) is 13.3 Å². The van der Waals surface area contributed by atoms with Gasteiger partial charge < -0.3 is 24.7 Å². The molecule has 0 aliphatic rings. The Hall–Kier alpha value is -2.31. The van der Waals surface area contributed by atoms with E-state index in [1.807, 2.05) is 12.1 Å². The molecule has 0 spiro atoms. The van der Waals surface area contributed by atoms with E-state index in [2.05, 4.69) is 58.9 Å². The molecule has 1 heterocycles. The highest BCUT2D eigenvalue weighted by atomic mass is 16.5. The van der Waals surface area contributed by atoms with Gasteiger partial charge in [-0.3, -0.25) is 4.99 Å². The predicted octanol–water partition coefficient (Wildman–Crippen LogP) is 2.61. The Morgan fingerprint density at radius 3 is 2.62 bits per heavy atom. The number of ether oxygens (including phenoxy) is 1. The molecule has 0 saturated carbocycles. The molecule has 0 radical (unpaired) electrons. The Kier molecular flexibility index (Phi) is 8.72. The molecular weight excluding hydrogens is 328 g/mol. The number of nitrogens with zero attached hydrogens (tertiary/aromatic N) is 2. The van der Waals surface area contributed by atoms with Gasteiger partial charge in [0.1, 0.15) is 12.4 Å². The van der Waals surface area contributed by atoms with Crippen molar-refractivity contribution in [2.45, 2.75) is 26.1 Å². The predicted molar refractivity (Wildman–Crippen MR) is 105 cm³/mol. The average Bonchev–Trinajstić information content (AvgIpc) is 3.14. The largest absolute Gasteiger partial charge is 0.467 e. The van der Waals surface area contributed by atoms with Crippen molar-refractivity contribution in [2.75, 3.05) is 34.3 Å². The average molecular weight is 358 g/mol.